The van der Waals surface area contributed by atoms with Gasteiger partial charge in [-0.2, -0.15) is 0 Å². The largest absolute Gasteiger partial charge is 0.252 e. The second-order valence-corrected chi connectivity index (χ2v) is 4.53. The Balaban J connectivity index is 1.73. The number of rotatable bonds is 4. The molecule has 0 spiro atoms. The summed E-state index contributed by atoms with van der Waals surface area (Å²) in [5.74, 6) is 0.993. The van der Waals surface area contributed by atoms with Gasteiger partial charge in [-0.1, -0.05) is 13.3 Å². The lowest BCUT2D eigenvalue weighted by atomic mass is 10.1. The second-order valence-electron chi connectivity index (χ2n) is 4.53. The van der Waals surface area contributed by atoms with Gasteiger partial charge in [-0.15, -0.1) is 0 Å². The quantitative estimate of drug-likeness (QED) is 0.717. The molecule has 2 fully saturated rings. The molecule has 0 aromatic rings. The maximum Gasteiger partial charge on any atom is 0.0240 e. The summed E-state index contributed by atoms with van der Waals surface area (Å²) < 4.78 is 0. The van der Waals surface area contributed by atoms with E-state index in [9.17, 15) is 0 Å². The van der Waals surface area contributed by atoms with Crippen molar-refractivity contribution in [1.82, 2.24) is 10.4 Å². The molecule has 1 unspecified atom stereocenters. The van der Waals surface area contributed by atoms with Crippen molar-refractivity contribution in [1.29, 1.82) is 0 Å². The molecule has 2 aliphatic rings. The molecular weight excluding hydrogens is 160 g/mol. The van der Waals surface area contributed by atoms with Crippen molar-refractivity contribution in [3.05, 3.63) is 0 Å². The molecule has 0 aromatic heterocycles. The second kappa shape index (κ2) is 4.43. The summed E-state index contributed by atoms with van der Waals surface area (Å²) in [6.45, 7) is 4.84. The van der Waals surface area contributed by atoms with E-state index in [0.29, 0.717) is 0 Å². The molecule has 1 aliphatic heterocycles. The zero-order valence-electron chi connectivity index (χ0n) is 8.76. The number of nitrogens with zero attached hydrogens (tertiary/aromatic N) is 1. The van der Waals surface area contributed by atoms with Gasteiger partial charge in [-0.05, 0) is 38.0 Å². The zero-order chi connectivity index (χ0) is 9.10. The summed E-state index contributed by atoms with van der Waals surface area (Å²) in [4.78, 5) is 0. The summed E-state index contributed by atoms with van der Waals surface area (Å²) in [5.41, 5.74) is 3.70. The van der Waals surface area contributed by atoms with Gasteiger partial charge in [-0.3, -0.25) is 5.43 Å². The molecule has 0 amide bonds. The normalized spacial score (nSPS) is 27.5. The molecule has 1 atom stereocenters. The summed E-state index contributed by atoms with van der Waals surface area (Å²) in [7, 11) is 0. The molecule has 1 heterocycles. The molecule has 2 nitrogen and oxygen atoms in total. The fraction of sp³-hybridized carbons (Fsp3) is 1.00. The molecule has 2 heteroatoms. The average molecular weight is 182 g/mol. The first-order chi connectivity index (χ1) is 6.40. The van der Waals surface area contributed by atoms with Crippen molar-refractivity contribution < 1.29 is 0 Å². The summed E-state index contributed by atoms with van der Waals surface area (Å²) in [6.07, 6.45) is 8.40. The van der Waals surface area contributed by atoms with E-state index in [1.165, 1.54) is 51.6 Å². The monoisotopic (exact) mass is 182 g/mol. The van der Waals surface area contributed by atoms with E-state index >= 15 is 0 Å². The van der Waals surface area contributed by atoms with E-state index in [-0.39, 0.29) is 0 Å². The molecule has 2 rings (SSSR count). The topological polar surface area (TPSA) is 15.3 Å². The number of hydrogen-bond donors (Lipinski definition) is 1. The zero-order valence-corrected chi connectivity index (χ0v) is 8.76. The molecule has 0 aromatic carbocycles. The van der Waals surface area contributed by atoms with E-state index in [0.717, 1.165) is 12.0 Å². The van der Waals surface area contributed by atoms with Crippen molar-refractivity contribution in [3.8, 4) is 0 Å². The van der Waals surface area contributed by atoms with Crippen molar-refractivity contribution in [2.75, 3.05) is 13.1 Å². The van der Waals surface area contributed by atoms with E-state index in [4.69, 9.17) is 0 Å². The van der Waals surface area contributed by atoms with Crippen LogP contribution in [0.1, 0.15) is 45.4 Å². The first-order valence-electron chi connectivity index (χ1n) is 5.91. The Labute approximate surface area is 81.7 Å². The molecule has 13 heavy (non-hydrogen) atoms. The van der Waals surface area contributed by atoms with Gasteiger partial charge in [0.1, 0.15) is 0 Å². The maximum absolute atomic E-state index is 3.70. The molecule has 1 saturated carbocycles. The number of hydrogen-bond acceptors (Lipinski definition) is 2. The van der Waals surface area contributed by atoms with Crippen molar-refractivity contribution in [2.45, 2.75) is 51.5 Å². The van der Waals surface area contributed by atoms with Crippen LogP contribution in [0.15, 0.2) is 0 Å². The van der Waals surface area contributed by atoms with Crippen LogP contribution < -0.4 is 5.43 Å². The molecule has 0 bridgehead atoms. The van der Waals surface area contributed by atoms with Crippen LogP contribution in [0.4, 0.5) is 0 Å². The van der Waals surface area contributed by atoms with E-state index in [1.54, 1.807) is 0 Å². The highest BCUT2D eigenvalue weighted by atomic mass is 15.5. The highest BCUT2D eigenvalue weighted by Gasteiger charge is 2.30. The van der Waals surface area contributed by atoms with E-state index < -0.39 is 0 Å². The number of piperidine rings is 1. The van der Waals surface area contributed by atoms with Crippen molar-refractivity contribution in [2.24, 2.45) is 5.92 Å². The SMILES string of the molecule is CCC(NN1CCCCC1)C1CC1. The number of nitrogens with one attached hydrogen (secondary N) is 1. The van der Waals surface area contributed by atoms with E-state index in [2.05, 4.69) is 17.4 Å². The highest BCUT2D eigenvalue weighted by molar-refractivity contribution is 4.85. The highest BCUT2D eigenvalue weighted by Crippen LogP contribution is 2.34. The van der Waals surface area contributed by atoms with Crippen LogP contribution in [0.5, 0.6) is 0 Å². The fourth-order valence-corrected chi connectivity index (χ4v) is 2.29. The lowest BCUT2D eigenvalue weighted by Crippen LogP contribution is -2.47. The molecule has 76 valence electrons. The smallest absolute Gasteiger partial charge is 0.0240 e. The summed E-state index contributed by atoms with van der Waals surface area (Å²) >= 11 is 0. The van der Waals surface area contributed by atoms with E-state index in [1.807, 2.05) is 0 Å². The van der Waals surface area contributed by atoms with Gasteiger partial charge >= 0.3 is 0 Å². The van der Waals surface area contributed by atoms with Crippen molar-refractivity contribution in [3.63, 3.8) is 0 Å². The van der Waals surface area contributed by atoms with Crippen LogP contribution in [0.25, 0.3) is 0 Å². The van der Waals surface area contributed by atoms with Gasteiger partial charge in [0.15, 0.2) is 0 Å². The van der Waals surface area contributed by atoms with Crippen LogP contribution in [0.2, 0.25) is 0 Å². The first kappa shape index (κ1) is 9.47. The molecular formula is C11H22N2. The third kappa shape index (κ3) is 2.68. The van der Waals surface area contributed by atoms with Crippen LogP contribution in [0.3, 0.4) is 0 Å². The third-order valence-corrected chi connectivity index (χ3v) is 3.34. The van der Waals surface area contributed by atoms with Gasteiger partial charge in [0.25, 0.3) is 0 Å². The fourth-order valence-electron chi connectivity index (χ4n) is 2.29. The maximum atomic E-state index is 3.70. The Morgan fingerprint density at radius 3 is 2.46 bits per heavy atom. The van der Waals surface area contributed by atoms with Crippen LogP contribution in [0, 0.1) is 5.92 Å². The van der Waals surface area contributed by atoms with Crippen LogP contribution >= 0.6 is 0 Å². The minimum absolute atomic E-state index is 0.776. The Morgan fingerprint density at radius 2 is 1.92 bits per heavy atom. The summed E-state index contributed by atoms with van der Waals surface area (Å²) in [5, 5.41) is 2.45. The van der Waals surface area contributed by atoms with Gasteiger partial charge in [0, 0.05) is 19.1 Å². The average Bonchev–Trinajstić information content (AvgIpc) is 2.99. The first-order valence-corrected chi connectivity index (χ1v) is 5.91. The van der Waals surface area contributed by atoms with Gasteiger partial charge < -0.3 is 0 Å². The Bertz CT molecular complexity index is 148. The summed E-state index contributed by atoms with van der Waals surface area (Å²) in [6, 6.07) is 0.776. The predicted octanol–water partition coefficient (Wildman–Crippen LogP) is 2.17. The Kier molecular flexibility index (Phi) is 3.23. The molecule has 1 N–H and O–H groups in total. The lowest BCUT2D eigenvalue weighted by molar-refractivity contribution is 0.119. The van der Waals surface area contributed by atoms with Crippen LogP contribution in [-0.2, 0) is 0 Å². The molecule has 1 saturated heterocycles. The predicted molar refractivity (Wildman–Crippen MR) is 55.4 cm³/mol. The Morgan fingerprint density at radius 1 is 1.23 bits per heavy atom. The third-order valence-electron chi connectivity index (χ3n) is 3.34. The lowest BCUT2D eigenvalue weighted by Gasteiger charge is -2.31. The minimum Gasteiger partial charge on any atom is -0.252 e. The Hall–Kier alpha value is -0.0800. The standard InChI is InChI=1S/C11H22N2/c1-2-11(10-6-7-10)12-13-8-4-3-5-9-13/h10-12H,2-9H2,1H3. The van der Waals surface area contributed by atoms with Gasteiger partial charge in [-0.25, -0.2) is 5.01 Å². The number of hydrazine groups is 1. The van der Waals surface area contributed by atoms with Crippen molar-refractivity contribution >= 4 is 0 Å². The van der Waals surface area contributed by atoms with Gasteiger partial charge in [0.2, 0.25) is 0 Å². The van der Waals surface area contributed by atoms with Gasteiger partial charge in [0.05, 0.1) is 0 Å². The molecule has 0 radical (unpaired) electrons. The van der Waals surface area contributed by atoms with Crippen LogP contribution in [-0.4, -0.2) is 24.1 Å². The molecule has 1 aliphatic carbocycles. The minimum atomic E-state index is 0.776.